The quantitative estimate of drug-likeness (QED) is 0.439. The molecule has 0 aromatic carbocycles. The van der Waals surface area contributed by atoms with Crippen LogP contribution in [-0.2, 0) is 32.7 Å². The molecule has 0 aliphatic rings. The maximum atomic E-state index is 2.21. The van der Waals surface area contributed by atoms with Crippen LogP contribution in [0, 0.1) is 0 Å². The summed E-state index contributed by atoms with van der Waals surface area (Å²) in [5, 5.41) is 0. The summed E-state index contributed by atoms with van der Waals surface area (Å²) >= 11 is 0. The summed E-state index contributed by atoms with van der Waals surface area (Å²) in [4.78, 5) is 0. The van der Waals surface area contributed by atoms with Crippen molar-refractivity contribution in [2.75, 3.05) is 0 Å². The topological polar surface area (TPSA) is 0 Å². The summed E-state index contributed by atoms with van der Waals surface area (Å²) in [6, 6.07) is 0. The second-order valence-corrected chi connectivity index (χ2v) is 1.73. The number of hydrogen-bond acceptors (Lipinski definition) is 0. The van der Waals surface area contributed by atoms with Crippen molar-refractivity contribution in [3.8, 4) is 0 Å². The van der Waals surface area contributed by atoms with Gasteiger partial charge < -0.3 is 0 Å². The van der Waals surface area contributed by atoms with Gasteiger partial charge in [0.1, 0.15) is 0 Å². The van der Waals surface area contributed by atoms with Crippen LogP contribution in [0.2, 0.25) is 13.1 Å². The Morgan fingerprint density at radius 2 is 1.25 bits per heavy atom. The molecule has 0 amide bonds. The minimum Gasteiger partial charge on any atom is -0.0743 e. The molecule has 0 fully saturated rings. The first-order valence-electron chi connectivity index (χ1n) is 1.15. The molecule has 0 rings (SSSR count). The SMILES string of the molecule is C[SiH]C.[Y]. The molecule has 0 spiro atoms. The van der Waals surface area contributed by atoms with Crippen molar-refractivity contribution in [3.63, 3.8) is 0 Å². The summed E-state index contributed by atoms with van der Waals surface area (Å²) in [5.74, 6) is 0. The van der Waals surface area contributed by atoms with Crippen molar-refractivity contribution >= 4 is 9.52 Å². The van der Waals surface area contributed by atoms with Crippen molar-refractivity contribution in [1.82, 2.24) is 0 Å². The molecule has 0 aromatic heterocycles. The second-order valence-electron chi connectivity index (χ2n) is 0.577. The van der Waals surface area contributed by atoms with Crippen LogP contribution < -0.4 is 0 Å². The van der Waals surface area contributed by atoms with Crippen LogP contribution in [-0.4, -0.2) is 9.52 Å². The van der Waals surface area contributed by atoms with E-state index in [1.807, 2.05) is 0 Å². The molecular weight excluding hydrogens is 141 g/mol. The summed E-state index contributed by atoms with van der Waals surface area (Å²) in [5.41, 5.74) is 0. The molecule has 0 N–H and O–H groups in total. The molecule has 0 aliphatic heterocycles. The van der Waals surface area contributed by atoms with Crippen LogP contribution in [0.4, 0.5) is 0 Å². The molecule has 22 valence electrons. The van der Waals surface area contributed by atoms with Crippen molar-refractivity contribution in [1.29, 1.82) is 0 Å². The van der Waals surface area contributed by atoms with E-state index in [0.29, 0.717) is 0 Å². The normalized spacial score (nSPS) is 4.50. The Bertz CT molecular complexity index is 6.00. The largest absolute Gasteiger partial charge is 0.0743 e. The van der Waals surface area contributed by atoms with E-state index in [4.69, 9.17) is 0 Å². The van der Waals surface area contributed by atoms with E-state index in [9.17, 15) is 0 Å². The van der Waals surface area contributed by atoms with Gasteiger partial charge in [-0.05, 0) is 0 Å². The molecule has 0 aromatic rings. The third-order valence-electron chi connectivity index (χ3n) is 0. The summed E-state index contributed by atoms with van der Waals surface area (Å²) in [6.45, 7) is 4.42. The Kier molecular flexibility index (Phi) is 19.9. The Morgan fingerprint density at radius 1 is 1.25 bits per heavy atom. The van der Waals surface area contributed by atoms with Gasteiger partial charge in [-0.15, -0.1) is 0 Å². The van der Waals surface area contributed by atoms with Gasteiger partial charge in [-0.2, -0.15) is 0 Å². The van der Waals surface area contributed by atoms with Gasteiger partial charge in [0.05, 0.1) is 0 Å². The van der Waals surface area contributed by atoms with Crippen molar-refractivity contribution < 1.29 is 32.7 Å². The third-order valence-corrected chi connectivity index (χ3v) is 0. The van der Waals surface area contributed by atoms with E-state index >= 15 is 0 Å². The summed E-state index contributed by atoms with van der Waals surface area (Å²) in [7, 11) is 0.750. The van der Waals surface area contributed by atoms with Gasteiger partial charge in [-0.3, -0.25) is 0 Å². The van der Waals surface area contributed by atoms with Crippen molar-refractivity contribution in [2.45, 2.75) is 13.1 Å². The molecule has 0 heterocycles. The Labute approximate surface area is 55.1 Å². The molecule has 2 heteroatoms. The van der Waals surface area contributed by atoms with Crippen molar-refractivity contribution in [2.24, 2.45) is 0 Å². The molecular formula is C2H7SiY. The molecule has 2 radical (unpaired) electrons. The number of rotatable bonds is 0. The molecule has 4 heavy (non-hydrogen) atoms. The Hall–Kier alpha value is 1.32. The predicted octanol–water partition coefficient (Wildman–Crippen LogP) is 0.517. The van der Waals surface area contributed by atoms with E-state index in [1.54, 1.807) is 0 Å². The minimum absolute atomic E-state index is 0. The fourth-order valence-corrected chi connectivity index (χ4v) is 0. The van der Waals surface area contributed by atoms with Gasteiger partial charge in [0.25, 0.3) is 0 Å². The summed E-state index contributed by atoms with van der Waals surface area (Å²) in [6.07, 6.45) is 0. The minimum atomic E-state index is 0. The van der Waals surface area contributed by atoms with Gasteiger partial charge in [-0.25, -0.2) is 0 Å². The van der Waals surface area contributed by atoms with E-state index < -0.39 is 0 Å². The fraction of sp³-hybridized carbons (Fsp3) is 1.00. The van der Waals surface area contributed by atoms with Crippen LogP contribution in [0.3, 0.4) is 0 Å². The van der Waals surface area contributed by atoms with Gasteiger partial charge in [-0.1, -0.05) is 13.1 Å². The van der Waals surface area contributed by atoms with Crippen molar-refractivity contribution in [3.05, 3.63) is 0 Å². The van der Waals surface area contributed by atoms with Gasteiger partial charge >= 0.3 is 0 Å². The summed E-state index contributed by atoms with van der Waals surface area (Å²) < 4.78 is 0. The van der Waals surface area contributed by atoms with Crippen LogP contribution >= 0.6 is 0 Å². The standard InChI is InChI=1S/C2H7Si.Y/c1-3-2;/h3H,1-2H3;. The Morgan fingerprint density at radius 3 is 1.25 bits per heavy atom. The van der Waals surface area contributed by atoms with Gasteiger partial charge in [0.15, 0.2) is 0 Å². The van der Waals surface area contributed by atoms with E-state index in [-0.39, 0.29) is 32.7 Å². The molecule has 0 saturated heterocycles. The molecule has 0 unspecified atom stereocenters. The zero-order valence-electron chi connectivity index (χ0n) is 3.15. The zero-order chi connectivity index (χ0) is 2.71. The molecule has 0 atom stereocenters. The third kappa shape index (κ3) is 10.3. The maximum Gasteiger partial charge on any atom is 0.0213 e. The first-order chi connectivity index (χ1) is 1.41. The average Bonchev–Trinajstić information content (AvgIpc) is 0.918. The van der Waals surface area contributed by atoms with Crippen LogP contribution in [0.15, 0.2) is 0 Å². The molecule has 0 aliphatic carbocycles. The van der Waals surface area contributed by atoms with E-state index in [0.717, 1.165) is 9.52 Å². The first-order valence-corrected chi connectivity index (χ1v) is 3.46. The average molecular weight is 148 g/mol. The second kappa shape index (κ2) is 8.85. The van der Waals surface area contributed by atoms with E-state index in [1.165, 1.54) is 0 Å². The maximum absolute atomic E-state index is 2.21. The van der Waals surface area contributed by atoms with Gasteiger partial charge in [0, 0.05) is 42.2 Å². The smallest absolute Gasteiger partial charge is 0.0213 e. The molecule has 0 bridgehead atoms. The van der Waals surface area contributed by atoms with Crippen LogP contribution in [0.1, 0.15) is 0 Å². The predicted molar refractivity (Wildman–Crippen MR) is 18.9 cm³/mol. The first kappa shape index (κ1) is 9.01. The fourth-order valence-electron chi connectivity index (χ4n) is 0. The monoisotopic (exact) mass is 148 g/mol. The van der Waals surface area contributed by atoms with Crippen LogP contribution in [0.25, 0.3) is 0 Å². The van der Waals surface area contributed by atoms with Crippen LogP contribution in [0.5, 0.6) is 0 Å². The van der Waals surface area contributed by atoms with E-state index in [2.05, 4.69) is 13.1 Å². The Balaban J connectivity index is 0. The van der Waals surface area contributed by atoms with Gasteiger partial charge in [0.2, 0.25) is 0 Å². The molecule has 0 nitrogen and oxygen atoms in total. The number of hydrogen-bond donors (Lipinski definition) is 0. The zero-order valence-corrected chi connectivity index (χ0v) is 7.15. The molecule has 0 saturated carbocycles.